The van der Waals surface area contributed by atoms with Crippen molar-refractivity contribution in [1.29, 1.82) is 0 Å². The first-order valence-electron chi connectivity index (χ1n) is 27.3. The SMILES string of the molecule is CC(C)(C)[O-].C[C@H](OC(=O)C(Br)c1ccc(Cl)cc1)C(=O)N1CCCC1.C[C@H](OC(=O)[C@H](Oc1cccc(C(F)(F)F)c1)c1ccc(Cl)cc1)C(=O)N1CCCC1.O=C(O)[C@H](Oc1cccc(C(F)(F)F)c1)c1ccc(Cl)cc1.Oc1cccc(C(F)(F)F)c1.[Li+]. The quantitative estimate of drug-likeness (QED) is 0.0454. The first kappa shape index (κ1) is 78.6. The minimum atomic E-state index is -4.56. The van der Waals surface area contributed by atoms with Crippen LogP contribution in [0.25, 0.3) is 0 Å². The number of carbonyl (C=O) groups excluding carboxylic acids is 4. The Morgan fingerprint density at radius 2 is 0.813 bits per heavy atom. The van der Waals surface area contributed by atoms with Crippen LogP contribution >= 0.6 is 50.7 Å². The van der Waals surface area contributed by atoms with E-state index < -0.39 is 88.0 Å². The minimum Gasteiger partial charge on any atom is -0.850 e. The molecule has 0 saturated carbocycles. The van der Waals surface area contributed by atoms with Crippen molar-refractivity contribution in [2.45, 2.75) is 114 Å². The van der Waals surface area contributed by atoms with Crippen molar-refractivity contribution in [3.8, 4) is 17.2 Å². The van der Waals surface area contributed by atoms with Gasteiger partial charge in [0.15, 0.2) is 12.2 Å². The molecule has 6 aromatic carbocycles. The summed E-state index contributed by atoms with van der Waals surface area (Å²) in [6, 6.07) is 31.0. The minimum absolute atomic E-state index is 0. The van der Waals surface area contributed by atoms with E-state index in [0.29, 0.717) is 39.8 Å². The molecule has 2 heterocycles. The number of phenols is 1. The van der Waals surface area contributed by atoms with Crippen LogP contribution in [0.5, 0.6) is 17.2 Å². The van der Waals surface area contributed by atoms with Crippen molar-refractivity contribution in [3.05, 3.63) is 194 Å². The summed E-state index contributed by atoms with van der Waals surface area (Å²) in [4.78, 5) is 63.6. The second-order valence-electron chi connectivity index (χ2n) is 20.8. The molecule has 488 valence electrons. The molecule has 0 spiro atoms. The number of carboxylic acids is 1. The summed E-state index contributed by atoms with van der Waals surface area (Å²) in [5.41, 5.74) is -2.07. The van der Waals surface area contributed by atoms with E-state index in [0.717, 1.165) is 86.8 Å². The molecule has 0 aromatic heterocycles. The van der Waals surface area contributed by atoms with E-state index in [9.17, 15) is 73.7 Å². The molecule has 2 aliphatic rings. The summed E-state index contributed by atoms with van der Waals surface area (Å²) in [7, 11) is 0. The zero-order chi connectivity index (χ0) is 67.3. The van der Waals surface area contributed by atoms with Crippen molar-refractivity contribution in [3.63, 3.8) is 0 Å². The molecule has 2 aliphatic heterocycles. The van der Waals surface area contributed by atoms with Crippen molar-refractivity contribution in [2.75, 3.05) is 26.2 Å². The van der Waals surface area contributed by atoms with E-state index in [4.69, 9.17) is 58.9 Å². The number of halogens is 13. The fraction of sp³-hybridized carbons (Fsp3) is 0.349. The molecule has 2 fully saturated rings. The molecule has 28 heteroatoms. The van der Waals surface area contributed by atoms with Gasteiger partial charge >= 0.3 is 55.3 Å². The number of nitrogens with zero attached hydrogens (tertiary/aromatic N) is 2. The molecule has 8 rings (SSSR count). The Bertz CT molecular complexity index is 3290. The zero-order valence-electron chi connectivity index (χ0n) is 49.7. The van der Waals surface area contributed by atoms with Crippen LogP contribution in [0, 0.1) is 0 Å². The van der Waals surface area contributed by atoms with Gasteiger partial charge in [-0.05, 0) is 136 Å². The molecule has 0 aliphatic carbocycles. The van der Waals surface area contributed by atoms with Crippen LogP contribution < -0.4 is 33.4 Å². The average molecular weight is 1400 g/mol. The van der Waals surface area contributed by atoms with Gasteiger partial charge in [0.1, 0.15) is 22.1 Å². The largest absolute Gasteiger partial charge is 1.00 e. The van der Waals surface area contributed by atoms with Crippen LogP contribution in [0.2, 0.25) is 15.1 Å². The molecule has 91 heavy (non-hydrogen) atoms. The standard InChI is InChI=1S/C22H21ClF3NO4.C15H17BrClNO3.C15H10ClF3O3.C7H5F3O.C4H9O.Li/c1-14(20(28)27-11-2-3-12-27)30-21(29)19(15-7-9-17(23)10-8-15)31-18-6-4-5-16(13-18)22(24,25)26;1-10(14(19)18-8-2-3-9-18)21-15(20)13(16)11-4-6-12(17)7-5-11;16-11-6-4-9(5-7-11)13(14(20)21)22-12-3-1-2-10(8-12)15(17,18)19;8-7(9,10)5-2-1-3-6(11)4-5;1-4(2,3)5;/h4-10,13-14,19H,2-3,11-12H2,1H3;4-7,10,13H,2-3,8-9H2,1H3;1-8,13H,(H,20,21);1-4,11H;1-3H3;/q;;;;-1;+1/t14-,19+;10-,13?;13-;;;/m001.../s1. The van der Waals surface area contributed by atoms with Crippen molar-refractivity contribution >= 4 is 80.5 Å². The number of carbonyl (C=O) groups is 5. The van der Waals surface area contributed by atoms with Gasteiger partial charge in [0.2, 0.25) is 12.2 Å². The fourth-order valence-corrected chi connectivity index (χ4v) is 8.75. The van der Waals surface area contributed by atoms with E-state index in [2.05, 4.69) is 15.9 Å². The summed E-state index contributed by atoms with van der Waals surface area (Å²) in [5.74, 6) is -3.85. The predicted octanol–water partition coefficient (Wildman–Crippen LogP) is 12.5. The van der Waals surface area contributed by atoms with Gasteiger partial charge in [-0.2, -0.15) is 39.5 Å². The molecular weight excluding hydrogens is 1340 g/mol. The van der Waals surface area contributed by atoms with Gasteiger partial charge in [-0.3, -0.25) is 14.4 Å². The average Bonchev–Trinajstić information content (AvgIpc) is 1.69. The maximum atomic E-state index is 13.0. The molecule has 0 bridgehead atoms. The summed E-state index contributed by atoms with van der Waals surface area (Å²) < 4.78 is 134. The molecule has 1 unspecified atom stereocenters. The molecule has 2 amide bonds. The van der Waals surface area contributed by atoms with Crippen molar-refractivity contribution < 1.29 is 117 Å². The van der Waals surface area contributed by atoms with Crippen molar-refractivity contribution in [2.24, 2.45) is 0 Å². The number of rotatable bonds is 14. The number of amides is 2. The summed E-state index contributed by atoms with van der Waals surface area (Å²) in [5, 5.41) is 29.4. The Balaban J connectivity index is 0.000000321. The van der Waals surface area contributed by atoms with E-state index in [-0.39, 0.29) is 53.5 Å². The van der Waals surface area contributed by atoms with E-state index in [1.807, 2.05) is 0 Å². The smallest absolute Gasteiger partial charge is 0.850 e. The number of carboxylic acid groups (broad SMARTS) is 1. The Hall–Kier alpha value is -6.65. The molecule has 5 atom stereocenters. The van der Waals surface area contributed by atoms with Gasteiger partial charge in [-0.25, -0.2) is 9.59 Å². The Morgan fingerprint density at radius 3 is 1.14 bits per heavy atom. The van der Waals surface area contributed by atoms with Crippen LogP contribution in [0.3, 0.4) is 0 Å². The molecule has 14 nitrogen and oxygen atoms in total. The van der Waals surface area contributed by atoms with Gasteiger partial charge in [-0.1, -0.05) is 126 Å². The third-order valence-corrected chi connectivity index (χ3v) is 13.9. The van der Waals surface area contributed by atoms with Crippen molar-refractivity contribution in [1.82, 2.24) is 9.80 Å². The second-order valence-corrected chi connectivity index (χ2v) is 23.0. The number of phenolic OH excluding ortho intramolecular Hbond substituents is 1. The third kappa shape index (κ3) is 27.6. The number of ether oxygens (including phenoxy) is 4. The molecule has 2 saturated heterocycles. The number of aromatic hydroxyl groups is 1. The van der Waals surface area contributed by atoms with Gasteiger partial charge in [0, 0.05) is 52.4 Å². The number of aliphatic carboxylic acids is 1. The topological polar surface area (TPSA) is 192 Å². The van der Waals surface area contributed by atoms with Gasteiger partial charge in [-0.15, -0.1) is 5.60 Å². The van der Waals surface area contributed by atoms with Gasteiger partial charge in [0.25, 0.3) is 11.8 Å². The third-order valence-electron chi connectivity index (χ3n) is 12.3. The normalized spacial score (nSPS) is 14.6. The first-order valence-corrected chi connectivity index (χ1v) is 29.3. The Morgan fingerprint density at radius 1 is 0.505 bits per heavy atom. The molecule has 2 N–H and O–H groups in total. The Kier molecular flexibility index (Phi) is 31.1. The molecular formula is C63H62BrCl3F9LiN2O12. The maximum absolute atomic E-state index is 13.0. The summed E-state index contributed by atoms with van der Waals surface area (Å²) >= 11 is 20.7. The number of alkyl halides is 10. The zero-order valence-corrected chi connectivity index (χ0v) is 53.5. The van der Waals surface area contributed by atoms with Crippen LogP contribution in [0.1, 0.15) is 111 Å². The Labute approximate surface area is 554 Å². The number of esters is 2. The first-order chi connectivity index (χ1) is 41.9. The number of benzene rings is 6. The van der Waals surface area contributed by atoms with E-state index >= 15 is 0 Å². The number of hydrogen-bond acceptors (Lipinski definition) is 11. The van der Waals surface area contributed by atoms with Gasteiger partial charge < -0.3 is 44.1 Å². The monoisotopic (exact) mass is 1400 g/mol. The number of likely N-dealkylation sites (tertiary alicyclic amines) is 2. The molecule has 6 aromatic rings. The molecule has 0 radical (unpaired) electrons. The maximum Gasteiger partial charge on any atom is 1.00 e. The van der Waals surface area contributed by atoms with E-state index in [1.165, 1.54) is 79.7 Å². The van der Waals surface area contributed by atoms with Crippen LogP contribution in [-0.2, 0) is 52.0 Å². The number of hydrogen-bond donors (Lipinski definition) is 2. The fourth-order valence-electron chi connectivity index (χ4n) is 7.96. The summed E-state index contributed by atoms with van der Waals surface area (Å²) in [6.07, 6.45) is -14.3. The summed E-state index contributed by atoms with van der Waals surface area (Å²) in [6.45, 7) is 10.7. The van der Waals surface area contributed by atoms with Gasteiger partial charge in [0.05, 0.1) is 16.7 Å². The van der Waals surface area contributed by atoms with Crippen LogP contribution in [0.15, 0.2) is 146 Å². The van der Waals surface area contributed by atoms with Crippen LogP contribution in [0.4, 0.5) is 39.5 Å². The predicted molar refractivity (Wildman–Crippen MR) is 319 cm³/mol. The van der Waals surface area contributed by atoms with E-state index in [1.54, 1.807) is 61.8 Å². The second kappa shape index (κ2) is 36.0. The van der Waals surface area contributed by atoms with Crippen LogP contribution in [-0.4, -0.2) is 93.7 Å².